The van der Waals surface area contributed by atoms with Crippen LogP contribution in [0, 0.1) is 0 Å². The van der Waals surface area contributed by atoms with Gasteiger partial charge in [-0.1, -0.05) is 12.1 Å². The number of alkyl halides is 3. The number of carbonyl (C=O) groups is 1. The third-order valence-electron chi connectivity index (χ3n) is 3.35. The van der Waals surface area contributed by atoms with Gasteiger partial charge < -0.3 is 14.8 Å². The Hall–Kier alpha value is -1.76. The summed E-state index contributed by atoms with van der Waals surface area (Å²) in [5, 5.41) is 2.80. The van der Waals surface area contributed by atoms with Crippen LogP contribution in [-0.4, -0.2) is 31.5 Å². The molecule has 0 bridgehead atoms. The third kappa shape index (κ3) is 5.93. The molecule has 1 atom stereocenters. The maximum Gasteiger partial charge on any atom is 0.573 e. The van der Waals surface area contributed by atoms with Crippen LogP contribution in [0.4, 0.5) is 13.2 Å². The van der Waals surface area contributed by atoms with Gasteiger partial charge in [0.1, 0.15) is 5.75 Å². The van der Waals surface area contributed by atoms with Crippen LogP contribution in [0.15, 0.2) is 24.3 Å². The van der Waals surface area contributed by atoms with Gasteiger partial charge in [-0.2, -0.15) is 0 Å². The van der Waals surface area contributed by atoms with Gasteiger partial charge in [0.25, 0.3) is 0 Å². The average Bonchev–Trinajstić information content (AvgIpc) is 2.96. The van der Waals surface area contributed by atoms with Crippen LogP contribution in [0.25, 0.3) is 0 Å². The second kappa shape index (κ2) is 7.49. The van der Waals surface area contributed by atoms with E-state index in [1.165, 1.54) is 24.3 Å². The van der Waals surface area contributed by atoms with Crippen molar-refractivity contribution in [2.75, 3.05) is 13.2 Å². The predicted molar refractivity (Wildman–Crippen MR) is 73.4 cm³/mol. The molecule has 4 nitrogen and oxygen atoms in total. The summed E-state index contributed by atoms with van der Waals surface area (Å²) in [5.74, 6) is -0.356. The maximum absolute atomic E-state index is 12.0. The first-order chi connectivity index (χ1) is 10.4. The molecule has 0 aromatic heterocycles. The quantitative estimate of drug-likeness (QED) is 0.877. The molecular formula is C15H18F3NO3. The lowest BCUT2D eigenvalue weighted by Gasteiger charge is -2.11. The van der Waals surface area contributed by atoms with Crippen molar-refractivity contribution in [1.82, 2.24) is 5.32 Å². The molecule has 1 aromatic carbocycles. The van der Waals surface area contributed by atoms with Crippen molar-refractivity contribution in [2.24, 2.45) is 0 Å². The zero-order chi connectivity index (χ0) is 16.0. The monoisotopic (exact) mass is 317 g/mol. The summed E-state index contributed by atoms with van der Waals surface area (Å²) in [7, 11) is 0. The van der Waals surface area contributed by atoms with Crippen LogP contribution < -0.4 is 10.1 Å². The highest BCUT2D eigenvalue weighted by molar-refractivity contribution is 5.76. The van der Waals surface area contributed by atoms with E-state index in [9.17, 15) is 18.0 Å². The topological polar surface area (TPSA) is 47.6 Å². The fourth-order valence-corrected chi connectivity index (χ4v) is 2.24. The Morgan fingerprint density at radius 3 is 2.64 bits per heavy atom. The second-order valence-corrected chi connectivity index (χ2v) is 5.13. The molecule has 1 aromatic rings. The van der Waals surface area contributed by atoms with Gasteiger partial charge >= 0.3 is 6.36 Å². The molecular weight excluding hydrogens is 299 g/mol. The van der Waals surface area contributed by atoms with Crippen LogP contribution in [0.3, 0.4) is 0 Å². The van der Waals surface area contributed by atoms with Gasteiger partial charge in [-0.15, -0.1) is 13.2 Å². The fraction of sp³-hybridized carbons (Fsp3) is 0.533. The average molecular weight is 317 g/mol. The zero-order valence-corrected chi connectivity index (χ0v) is 12.0. The number of ether oxygens (including phenoxy) is 2. The van der Waals surface area contributed by atoms with Crippen molar-refractivity contribution in [1.29, 1.82) is 0 Å². The van der Waals surface area contributed by atoms with Crippen molar-refractivity contribution in [2.45, 2.75) is 38.1 Å². The molecule has 1 amide bonds. The van der Waals surface area contributed by atoms with E-state index in [2.05, 4.69) is 10.1 Å². The molecule has 2 rings (SSSR count). The van der Waals surface area contributed by atoms with Gasteiger partial charge in [0.2, 0.25) is 5.91 Å². The van der Waals surface area contributed by atoms with Gasteiger partial charge in [0, 0.05) is 19.6 Å². The van der Waals surface area contributed by atoms with Crippen LogP contribution in [0.2, 0.25) is 0 Å². The number of hydrogen-bond donors (Lipinski definition) is 1. The summed E-state index contributed by atoms with van der Waals surface area (Å²) in [6, 6.07) is 5.53. The van der Waals surface area contributed by atoms with Gasteiger partial charge in [0.15, 0.2) is 0 Å². The van der Waals surface area contributed by atoms with Gasteiger partial charge in [-0.3, -0.25) is 4.79 Å². The largest absolute Gasteiger partial charge is 0.573 e. The molecule has 1 aliphatic heterocycles. The van der Waals surface area contributed by atoms with Crippen molar-refractivity contribution in [3.8, 4) is 5.75 Å². The standard InChI is InChI=1S/C15H18F3NO3/c16-15(17,18)22-12-6-3-11(4-7-12)5-8-14(20)19-10-13-2-1-9-21-13/h3-4,6-7,13H,1-2,5,8-10H2,(H,19,20)/t13-/m0/s1. The van der Waals surface area contributed by atoms with E-state index in [1.54, 1.807) is 0 Å². The molecule has 1 N–H and O–H groups in total. The molecule has 1 aliphatic rings. The zero-order valence-electron chi connectivity index (χ0n) is 12.0. The number of hydrogen-bond acceptors (Lipinski definition) is 3. The Balaban J connectivity index is 1.70. The van der Waals surface area contributed by atoms with Gasteiger partial charge in [0.05, 0.1) is 6.10 Å². The number of amides is 1. The van der Waals surface area contributed by atoms with Crippen molar-refractivity contribution in [3.05, 3.63) is 29.8 Å². The minimum atomic E-state index is -4.69. The lowest BCUT2D eigenvalue weighted by molar-refractivity contribution is -0.274. The third-order valence-corrected chi connectivity index (χ3v) is 3.35. The molecule has 1 saturated heterocycles. The molecule has 22 heavy (non-hydrogen) atoms. The number of carbonyl (C=O) groups excluding carboxylic acids is 1. The minimum Gasteiger partial charge on any atom is -0.406 e. The Morgan fingerprint density at radius 1 is 1.32 bits per heavy atom. The first-order valence-electron chi connectivity index (χ1n) is 7.15. The van der Waals surface area contributed by atoms with E-state index in [4.69, 9.17) is 4.74 Å². The highest BCUT2D eigenvalue weighted by Crippen LogP contribution is 2.23. The second-order valence-electron chi connectivity index (χ2n) is 5.13. The number of aryl methyl sites for hydroxylation is 1. The fourth-order valence-electron chi connectivity index (χ4n) is 2.24. The van der Waals surface area contributed by atoms with Crippen molar-refractivity contribution < 1.29 is 27.4 Å². The first kappa shape index (κ1) is 16.6. The lowest BCUT2D eigenvalue weighted by Crippen LogP contribution is -2.31. The Morgan fingerprint density at radius 2 is 2.05 bits per heavy atom. The lowest BCUT2D eigenvalue weighted by atomic mass is 10.1. The van der Waals surface area contributed by atoms with E-state index in [-0.39, 0.29) is 24.2 Å². The van der Waals surface area contributed by atoms with Crippen LogP contribution in [0.1, 0.15) is 24.8 Å². The molecule has 122 valence electrons. The summed E-state index contributed by atoms with van der Waals surface area (Å²) in [4.78, 5) is 11.7. The predicted octanol–water partition coefficient (Wildman–Crippen LogP) is 2.81. The summed E-state index contributed by atoms with van der Waals surface area (Å²) in [6.45, 7) is 1.25. The molecule has 0 radical (unpaired) electrons. The Kier molecular flexibility index (Phi) is 5.65. The highest BCUT2D eigenvalue weighted by atomic mass is 19.4. The minimum absolute atomic E-state index is 0.0916. The Bertz CT molecular complexity index is 482. The molecule has 0 spiro atoms. The van der Waals surface area contributed by atoms with Crippen molar-refractivity contribution >= 4 is 5.91 Å². The maximum atomic E-state index is 12.0. The summed E-state index contributed by atoms with van der Waals surface area (Å²) < 4.78 is 45.3. The molecule has 0 unspecified atom stereocenters. The summed E-state index contributed by atoms with van der Waals surface area (Å²) in [5.41, 5.74) is 0.779. The Labute approximate surface area is 126 Å². The van der Waals surface area contributed by atoms with E-state index in [0.717, 1.165) is 25.0 Å². The smallest absolute Gasteiger partial charge is 0.406 e. The SMILES string of the molecule is O=C(CCc1ccc(OC(F)(F)F)cc1)NC[C@@H]1CCCO1. The van der Waals surface area contributed by atoms with Gasteiger partial charge in [-0.25, -0.2) is 0 Å². The molecule has 0 saturated carbocycles. The summed E-state index contributed by atoms with van der Waals surface area (Å²) >= 11 is 0. The highest BCUT2D eigenvalue weighted by Gasteiger charge is 2.30. The molecule has 1 fully saturated rings. The molecule has 7 heteroatoms. The number of rotatable bonds is 6. The van der Waals surface area contributed by atoms with E-state index >= 15 is 0 Å². The number of halogens is 3. The molecule has 0 aliphatic carbocycles. The van der Waals surface area contributed by atoms with E-state index < -0.39 is 6.36 Å². The summed E-state index contributed by atoms with van der Waals surface area (Å²) in [6.07, 6.45) is -1.87. The number of benzene rings is 1. The first-order valence-corrected chi connectivity index (χ1v) is 7.15. The number of nitrogens with one attached hydrogen (secondary N) is 1. The molecule has 1 heterocycles. The van der Waals surface area contributed by atoms with Crippen LogP contribution in [-0.2, 0) is 16.0 Å². The van der Waals surface area contributed by atoms with E-state index in [0.29, 0.717) is 13.0 Å². The van der Waals surface area contributed by atoms with Crippen LogP contribution >= 0.6 is 0 Å². The van der Waals surface area contributed by atoms with Crippen molar-refractivity contribution in [3.63, 3.8) is 0 Å². The van der Waals surface area contributed by atoms with Crippen LogP contribution in [0.5, 0.6) is 5.75 Å². The van der Waals surface area contributed by atoms with E-state index in [1.807, 2.05) is 0 Å². The normalized spacial score (nSPS) is 18.2. The van der Waals surface area contributed by atoms with Gasteiger partial charge in [-0.05, 0) is 37.0 Å².